The Morgan fingerprint density at radius 2 is 2.28 bits per heavy atom. The van der Waals surface area contributed by atoms with Crippen LogP contribution in [0.25, 0.3) is 0 Å². The van der Waals surface area contributed by atoms with Crippen LogP contribution in [0, 0.1) is 0 Å². The Morgan fingerprint density at radius 3 is 2.83 bits per heavy atom. The lowest BCUT2D eigenvalue weighted by atomic mass is 10.1. The number of amides is 1. The van der Waals surface area contributed by atoms with E-state index in [0.717, 1.165) is 0 Å². The number of aliphatic hydroxyl groups is 3. The summed E-state index contributed by atoms with van der Waals surface area (Å²) in [5, 5.41) is 28.3. The number of ether oxygens (including phenoxy) is 1. The number of imidazole rings is 1. The molecule has 0 aliphatic carbocycles. The third-order valence-corrected chi connectivity index (χ3v) is 2.78. The minimum absolute atomic E-state index is 0.0511. The fraction of sp³-hybridized carbons (Fsp3) is 0.556. The van der Waals surface area contributed by atoms with Crippen molar-refractivity contribution in [3.8, 4) is 0 Å². The Kier molecular flexibility index (Phi) is 3.59. The van der Waals surface area contributed by atoms with Gasteiger partial charge in [0.2, 0.25) is 0 Å². The highest BCUT2D eigenvalue weighted by Crippen LogP contribution is 2.29. The molecule has 1 aromatic heterocycles. The molecule has 1 aliphatic heterocycles. The number of nitrogens with zero attached hydrogens (tertiary/aromatic N) is 2. The van der Waals surface area contributed by atoms with Crippen molar-refractivity contribution in [3.05, 3.63) is 18.2 Å². The molecule has 0 unspecified atom stereocenters. The molecule has 0 radical (unpaired) electrons. The Bertz CT molecular complexity index is 436. The predicted molar refractivity (Wildman–Crippen MR) is 56.9 cm³/mol. The molecule has 9 nitrogen and oxygen atoms in total. The van der Waals surface area contributed by atoms with Crippen LogP contribution in [0.4, 0.5) is 0 Å². The van der Waals surface area contributed by atoms with E-state index in [2.05, 4.69) is 4.98 Å². The van der Waals surface area contributed by atoms with Crippen LogP contribution >= 0.6 is 0 Å². The minimum atomic E-state index is -1.22. The van der Waals surface area contributed by atoms with Crippen LogP contribution in [0.1, 0.15) is 16.7 Å². The summed E-state index contributed by atoms with van der Waals surface area (Å²) < 4.78 is 6.59. The number of rotatable bonds is 3. The Labute approximate surface area is 102 Å². The number of carbonyl (C=O) groups excluding carboxylic acids is 1. The minimum Gasteiger partial charge on any atom is -0.394 e. The van der Waals surface area contributed by atoms with E-state index in [-0.39, 0.29) is 5.69 Å². The number of aromatic nitrogens is 2. The van der Waals surface area contributed by atoms with E-state index >= 15 is 0 Å². The number of hydrogen-bond donors (Lipinski definition) is 5. The zero-order valence-corrected chi connectivity index (χ0v) is 9.30. The van der Waals surface area contributed by atoms with Gasteiger partial charge in [0, 0.05) is 6.20 Å². The first kappa shape index (κ1) is 12.9. The van der Waals surface area contributed by atoms with Crippen LogP contribution in [-0.4, -0.2) is 55.7 Å². The van der Waals surface area contributed by atoms with Gasteiger partial charge in [-0.1, -0.05) is 0 Å². The van der Waals surface area contributed by atoms with Gasteiger partial charge in [-0.25, -0.2) is 10.8 Å². The second-order valence-corrected chi connectivity index (χ2v) is 3.91. The topological polar surface area (TPSA) is 143 Å². The molecule has 100 valence electrons. The summed E-state index contributed by atoms with van der Waals surface area (Å²) in [6, 6.07) is 0. The second kappa shape index (κ2) is 5.00. The van der Waals surface area contributed by atoms with E-state index in [4.69, 9.17) is 15.7 Å². The molecule has 0 saturated carbocycles. The highest BCUT2D eigenvalue weighted by Gasteiger charge is 2.43. The monoisotopic (exact) mass is 258 g/mol. The van der Waals surface area contributed by atoms with Crippen molar-refractivity contribution >= 4 is 5.91 Å². The first-order valence-corrected chi connectivity index (χ1v) is 5.25. The van der Waals surface area contributed by atoms with Gasteiger partial charge in [0.25, 0.3) is 5.91 Å². The summed E-state index contributed by atoms with van der Waals surface area (Å²) in [6.07, 6.45) is -1.62. The van der Waals surface area contributed by atoms with Gasteiger partial charge in [-0.15, -0.1) is 0 Å². The maximum Gasteiger partial charge on any atom is 0.285 e. The summed E-state index contributed by atoms with van der Waals surface area (Å²) in [5.41, 5.74) is 1.97. The van der Waals surface area contributed by atoms with Crippen LogP contribution in [0.15, 0.2) is 12.5 Å². The van der Waals surface area contributed by atoms with E-state index in [1.165, 1.54) is 17.1 Å². The summed E-state index contributed by atoms with van der Waals surface area (Å²) >= 11 is 0. The zero-order chi connectivity index (χ0) is 13.3. The number of nitrogens with two attached hydrogens (primary N) is 1. The third-order valence-electron chi connectivity index (χ3n) is 2.78. The Balaban J connectivity index is 2.17. The molecule has 2 rings (SSSR count). The molecule has 1 amide bonds. The lowest BCUT2D eigenvalue weighted by Gasteiger charge is -2.15. The van der Waals surface area contributed by atoms with E-state index in [9.17, 15) is 15.0 Å². The molecular formula is C9H14N4O5. The number of nitrogens with one attached hydrogen (secondary N) is 1. The highest BCUT2D eigenvalue weighted by molar-refractivity contribution is 5.91. The van der Waals surface area contributed by atoms with E-state index in [1.807, 2.05) is 5.43 Å². The molecule has 1 saturated heterocycles. The van der Waals surface area contributed by atoms with Crippen LogP contribution in [0.5, 0.6) is 0 Å². The van der Waals surface area contributed by atoms with Crippen molar-refractivity contribution in [2.24, 2.45) is 5.84 Å². The van der Waals surface area contributed by atoms with Crippen molar-refractivity contribution in [2.75, 3.05) is 6.61 Å². The maximum atomic E-state index is 11.2. The van der Waals surface area contributed by atoms with Gasteiger partial charge in [-0.2, -0.15) is 0 Å². The van der Waals surface area contributed by atoms with Gasteiger partial charge in [0.05, 0.1) is 12.9 Å². The van der Waals surface area contributed by atoms with Gasteiger partial charge in [0.15, 0.2) is 6.23 Å². The molecular weight excluding hydrogens is 244 g/mol. The number of hydrazine groups is 1. The second-order valence-electron chi connectivity index (χ2n) is 3.91. The van der Waals surface area contributed by atoms with Gasteiger partial charge < -0.3 is 24.6 Å². The molecule has 1 aromatic rings. The first-order valence-electron chi connectivity index (χ1n) is 5.25. The molecule has 2 heterocycles. The first-order chi connectivity index (χ1) is 8.58. The molecule has 0 spiro atoms. The summed E-state index contributed by atoms with van der Waals surface area (Å²) in [7, 11) is 0. The molecule has 0 bridgehead atoms. The zero-order valence-electron chi connectivity index (χ0n) is 9.30. The SMILES string of the molecule is NNC(=O)c1cn([C@@H]2O[C@H](CO)[C@@H](O)[C@H]2O)cn1. The fourth-order valence-electron chi connectivity index (χ4n) is 1.79. The average Bonchev–Trinajstić information content (AvgIpc) is 2.96. The lowest BCUT2D eigenvalue weighted by molar-refractivity contribution is -0.0528. The van der Waals surface area contributed by atoms with Gasteiger partial charge in [-0.3, -0.25) is 10.2 Å². The quantitative estimate of drug-likeness (QED) is 0.222. The highest BCUT2D eigenvalue weighted by atomic mass is 16.6. The summed E-state index contributed by atoms with van der Waals surface area (Å²) in [4.78, 5) is 15.0. The molecule has 6 N–H and O–H groups in total. The van der Waals surface area contributed by atoms with Gasteiger partial charge >= 0.3 is 0 Å². The van der Waals surface area contributed by atoms with Crippen molar-refractivity contribution in [1.82, 2.24) is 15.0 Å². The van der Waals surface area contributed by atoms with Crippen molar-refractivity contribution in [3.63, 3.8) is 0 Å². The average molecular weight is 258 g/mol. The number of hydrogen-bond acceptors (Lipinski definition) is 7. The maximum absolute atomic E-state index is 11.2. The standard InChI is InChI=1S/C9H14N4O5/c10-12-8(17)4-1-13(3-11-4)9-7(16)6(15)5(2-14)18-9/h1,3,5-7,9,14-16H,2,10H2,(H,12,17)/t5-,6-,7-,9-/m1/s1. The van der Waals surface area contributed by atoms with Gasteiger partial charge in [-0.05, 0) is 0 Å². The third kappa shape index (κ3) is 2.09. The number of carbonyl (C=O) groups is 1. The van der Waals surface area contributed by atoms with Crippen LogP contribution < -0.4 is 11.3 Å². The molecule has 1 fully saturated rings. The van der Waals surface area contributed by atoms with E-state index in [1.54, 1.807) is 0 Å². The molecule has 0 aromatic carbocycles. The van der Waals surface area contributed by atoms with Crippen molar-refractivity contribution in [1.29, 1.82) is 0 Å². The van der Waals surface area contributed by atoms with Crippen LogP contribution in [0.2, 0.25) is 0 Å². The Morgan fingerprint density at radius 1 is 1.56 bits per heavy atom. The smallest absolute Gasteiger partial charge is 0.285 e. The molecule has 1 aliphatic rings. The van der Waals surface area contributed by atoms with Crippen molar-refractivity contribution in [2.45, 2.75) is 24.5 Å². The fourth-order valence-corrected chi connectivity index (χ4v) is 1.79. The number of aliphatic hydroxyl groups excluding tert-OH is 3. The Hall–Kier alpha value is -1.52. The van der Waals surface area contributed by atoms with Crippen molar-refractivity contribution < 1.29 is 24.9 Å². The van der Waals surface area contributed by atoms with Crippen LogP contribution in [-0.2, 0) is 4.74 Å². The molecule has 18 heavy (non-hydrogen) atoms. The molecule has 4 atom stereocenters. The summed E-state index contributed by atoms with van der Waals surface area (Å²) in [6.45, 7) is -0.417. The van der Waals surface area contributed by atoms with E-state index < -0.39 is 37.1 Å². The summed E-state index contributed by atoms with van der Waals surface area (Å²) in [5.74, 6) is 4.37. The molecule has 9 heteroatoms. The largest absolute Gasteiger partial charge is 0.394 e. The van der Waals surface area contributed by atoms with Gasteiger partial charge in [0.1, 0.15) is 24.0 Å². The van der Waals surface area contributed by atoms with Crippen LogP contribution in [0.3, 0.4) is 0 Å². The lowest BCUT2D eigenvalue weighted by Crippen LogP contribution is -2.33. The predicted octanol–water partition coefficient (Wildman–Crippen LogP) is -2.90. The normalized spacial score (nSPS) is 31.6. The van der Waals surface area contributed by atoms with E-state index in [0.29, 0.717) is 0 Å². The number of nitrogen functional groups attached to an aromatic ring is 1.